The van der Waals surface area contributed by atoms with Crippen molar-refractivity contribution in [1.29, 1.82) is 0 Å². The van der Waals surface area contributed by atoms with E-state index in [9.17, 15) is 13.6 Å². The van der Waals surface area contributed by atoms with Crippen LogP contribution in [-0.4, -0.2) is 30.5 Å². The first kappa shape index (κ1) is 15.0. The molecule has 1 aromatic carbocycles. The molecule has 102 valence electrons. The van der Waals surface area contributed by atoms with Crippen LogP contribution in [-0.2, 0) is 0 Å². The number of benzene rings is 1. The van der Waals surface area contributed by atoms with Gasteiger partial charge in [-0.25, -0.2) is 0 Å². The molecule has 0 aliphatic rings. The molecule has 0 N–H and O–H groups in total. The average Bonchev–Trinajstić information content (AvgIpc) is 2.38. The maximum atomic E-state index is 12.1. The summed E-state index contributed by atoms with van der Waals surface area (Å²) in [6.45, 7) is -0.156. The summed E-state index contributed by atoms with van der Waals surface area (Å²) in [6.07, 6.45) is 6.00. The molecule has 0 radical (unpaired) electrons. The zero-order chi connectivity index (χ0) is 14.3. The monoisotopic (exact) mass is 267 g/mol. The van der Waals surface area contributed by atoms with Gasteiger partial charge in [-0.1, -0.05) is 12.8 Å². The Hall–Kier alpha value is -2.09. The van der Waals surface area contributed by atoms with Gasteiger partial charge in [0.1, 0.15) is 5.75 Å². The van der Waals surface area contributed by atoms with Gasteiger partial charge in [0.05, 0.1) is 6.54 Å². The van der Waals surface area contributed by atoms with E-state index in [0.717, 1.165) is 6.42 Å². The lowest BCUT2D eigenvalue weighted by molar-refractivity contribution is -0.0498. The molecule has 5 heteroatoms. The van der Waals surface area contributed by atoms with Crippen molar-refractivity contribution in [2.75, 3.05) is 13.1 Å². The Morgan fingerprint density at radius 1 is 1.42 bits per heavy atom. The van der Waals surface area contributed by atoms with Gasteiger partial charge in [0, 0.05) is 12.1 Å². The normalized spacial score (nSPS) is 10.1. The Morgan fingerprint density at radius 2 is 2.05 bits per heavy atom. The molecule has 0 heterocycles. The summed E-state index contributed by atoms with van der Waals surface area (Å²) < 4.78 is 28.2. The fourth-order valence-electron chi connectivity index (χ4n) is 1.59. The van der Waals surface area contributed by atoms with Crippen LogP contribution in [0.25, 0.3) is 0 Å². The molecule has 3 nitrogen and oxygen atoms in total. The molecule has 1 aromatic rings. The van der Waals surface area contributed by atoms with Gasteiger partial charge in [0.25, 0.3) is 5.91 Å². The van der Waals surface area contributed by atoms with Crippen LogP contribution < -0.4 is 4.74 Å². The van der Waals surface area contributed by atoms with E-state index >= 15 is 0 Å². The highest BCUT2D eigenvalue weighted by molar-refractivity contribution is 5.94. The number of carbonyl (C=O) groups excluding carboxylic acids is 1. The largest absolute Gasteiger partial charge is 0.435 e. The minimum absolute atomic E-state index is 0.0190. The highest BCUT2D eigenvalue weighted by atomic mass is 19.3. The number of alkyl halides is 2. The quantitative estimate of drug-likeness (QED) is 0.742. The Balaban J connectivity index is 2.78. The maximum Gasteiger partial charge on any atom is 0.387 e. The molecule has 0 bridgehead atoms. The van der Waals surface area contributed by atoms with Crippen molar-refractivity contribution < 1.29 is 18.3 Å². The first-order valence-electron chi connectivity index (χ1n) is 5.86. The van der Waals surface area contributed by atoms with E-state index in [4.69, 9.17) is 6.42 Å². The van der Waals surface area contributed by atoms with Gasteiger partial charge in [-0.3, -0.25) is 4.79 Å². The number of rotatable bonds is 6. The van der Waals surface area contributed by atoms with Crippen molar-refractivity contribution in [3.05, 3.63) is 29.8 Å². The van der Waals surface area contributed by atoms with Gasteiger partial charge in [0.2, 0.25) is 0 Å². The molecule has 0 aliphatic heterocycles. The minimum Gasteiger partial charge on any atom is -0.435 e. The van der Waals surface area contributed by atoms with Gasteiger partial charge in [0.15, 0.2) is 0 Å². The van der Waals surface area contributed by atoms with Crippen molar-refractivity contribution in [1.82, 2.24) is 4.90 Å². The number of terminal acetylenes is 1. The van der Waals surface area contributed by atoms with Crippen molar-refractivity contribution in [2.45, 2.75) is 20.0 Å². The molecule has 0 unspecified atom stereocenters. The van der Waals surface area contributed by atoms with E-state index in [1.165, 1.54) is 29.2 Å². The molecule has 0 saturated carbocycles. The SMILES string of the molecule is C#CCN(CCC)C(=O)c1ccc(OC(F)F)cc1. The topological polar surface area (TPSA) is 29.5 Å². The summed E-state index contributed by atoms with van der Waals surface area (Å²) in [5, 5.41) is 0. The summed E-state index contributed by atoms with van der Waals surface area (Å²) in [4.78, 5) is 13.6. The molecule has 0 saturated heterocycles. The third kappa shape index (κ3) is 4.59. The zero-order valence-electron chi connectivity index (χ0n) is 10.6. The average molecular weight is 267 g/mol. The lowest BCUT2D eigenvalue weighted by Crippen LogP contribution is -2.32. The van der Waals surface area contributed by atoms with Crippen LogP contribution in [0.1, 0.15) is 23.7 Å². The van der Waals surface area contributed by atoms with E-state index in [0.29, 0.717) is 12.1 Å². The van der Waals surface area contributed by atoms with Gasteiger partial charge >= 0.3 is 6.61 Å². The second-order valence-electron chi connectivity index (χ2n) is 3.83. The number of hydrogen-bond acceptors (Lipinski definition) is 2. The van der Waals surface area contributed by atoms with E-state index in [1.54, 1.807) is 0 Å². The molecule has 1 rings (SSSR count). The standard InChI is InChI=1S/C14H15F2NO2/c1-3-9-17(10-4-2)13(18)11-5-7-12(8-6-11)19-14(15)16/h1,5-8,14H,4,9-10H2,2H3. The second kappa shape index (κ2) is 7.37. The van der Waals surface area contributed by atoms with Crippen LogP contribution >= 0.6 is 0 Å². The van der Waals surface area contributed by atoms with Crippen molar-refractivity contribution in [2.24, 2.45) is 0 Å². The van der Waals surface area contributed by atoms with Crippen LogP contribution in [0.15, 0.2) is 24.3 Å². The lowest BCUT2D eigenvalue weighted by atomic mass is 10.2. The summed E-state index contributed by atoms with van der Waals surface area (Å²) in [6, 6.07) is 5.55. The Bertz CT molecular complexity index is 452. The summed E-state index contributed by atoms with van der Waals surface area (Å²) >= 11 is 0. The maximum absolute atomic E-state index is 12.1. The van der Waals surface area contributed by atoms with Crippen molar-refractivity contribution >= 4 is 5.91 Å². The summed E-state index contributed by atoms with van der Waals surface area (Å²) in [5.74, 6) is 2.22. The van der Waals surface area contributed by atoms with Gasteiger partial charge in [-0.2, -0.15) is 8.78 Å². The number of halogens is 2. The smallest absolute Gasteiger partial charge is 0.387 e. The molecule has 0 fully saturated rings. The van der Waals surface area contributed by atoms with E-state index in [2.05, 4.69) is 10.7 Å². The van der Waals surface area contributed by atoms with Gasteiger partial charge in [-0.05, 0) is 30.7 Å². The molecule has 1 amide bonds. The molecule has 0 aromatic heterocycles. The number of nitrogens with zero attached hydrogens (tertiary/aromatic N) is 1. The van der Waals surface area contributed by atoms with Gasteiger partial charge < -0.3 is 9.64 Å². The number of amides is 1. The van der Waals surface area contributed by atoms with Crippen molar-refractivity contribution in [3.63, 3.8) is 0 Å². The predicted octanol–water partition coefficient (Wildman–Crippen LogP) is 2.77. The first-order chi connectivity index (χ1) is 9.08. The molecular formula is C14H15F2NO2. The van der Waals surface area contributed by atoms with Gasteiger partial charge in [-0.15, -0.1) is 6.42 Å². The second-order valence-corrected chi connectivity index (χ2v) is 3.83. The number of carbonyl (C=O) groups is 1. The Kier molecular flexibility index (Phi) is 5.80. The van der Waals surface area contributed by atoms with E-state index in [1.807, 2.05) is 6.92 Å². The van der Waals surface area contributed by atoms with Crippen molar-refractivity contribution in [3.8, 4) is 18.1 Å². The van der Waals surface area contributed by atoms with E-state index in [-0.39, 0.29) is 18.2 Å². The molecular weight excluding hydrogens is 252 g/mol. The lowest BCUT2D eigenvalue weighted by Gasteiger charge is -2.19. The fourth-order valence-corrected chi connectivity index (χ4v) is 1.59. The third-order valence-corrected chi connectivity index (χ3v) is 2.39. The summed E-state index contributed by atoms with van der Waals surface area (Å²) in [7, 11) is 0. The highest BCUT2D eigenvalue weighted by Gasteiger charge is 2.14. The van der Waals surface area contributed by atoms with Crippen LogP contribution in [0, 0.1) is 12.3 Å². The number of ether oxygens (including phenoxy) is 1. The Morgan fingerprint density at radius 3 is 2.53 bits per heavy atom. The minimum atomic E-state index is -2.88. The van der Waals surface area contributed by atoms with Crippen LogP contribution in [0.4, 0.5) is 8.78 Å². The molecule has 0 spiro atoms. The predicted molar refractivity (Wildman–Crippen MR) is 68.1 cm³/mol. The molecule has 0 aliphatic carbocycles. The number of hydrogen-bond donors (Lipinski definition) is 0. The van der Waals surface area contributed by atoms with Crippen LogP contribution in [0.3, 0.4) is 0 Å². The first-order valence-corrected chi connectivity index (χ1v) is 5.86. The zero-order valence-corrected chi connectivity index (χ0v) is 10.6. The highest BCUT2D eigenvalue weighted by Crippen LogP contribution is 2.16. The fraction of sp³-hybridized carbons (Fsp3) is 0.357. The van der Waals surface area contributed by atoms with E-state index < -0.39 is 6.61 Å². The van der Waals surface area contributed by atoms with Crippen LogP contribution in [0.5, 0.6) is 5.75 Å². The third-order valence-electron chi connectivity index (χ3n) is 2.39. The molecule has 19 heavy (non-hydrogen) atoms. The molecule has 0 atom stereocenters. The Labute approximate surface area is 111 Å². The van der Waals surface area contributed by atoms with Crippen LogP contribution in [0.2, 0.25) is 0 Å². The summed E-state index contributed by atoms with van der Waals surface area (Å²) in [5.41, 5.74) is 0.394.